The monoisotopic (exact) mass is 366 g/mol. The van der Waals surface area contributed by atoms with Crippen molar-refractivity contribution >= 4 is 11.8 Å². The first-order valence-corrected chi connectivity index (χ1v) is 9.76. The van der Waals surface area contributed by atoms with Crippen LogP contribution in [0.1, 0.15) is 37.8 Å². The zero-order chi connectivity index (χ0) is 19.5. The molecule has 0 heterocycles. The minimum absolute atomic E-state index is 0.0183. The topological polar surface area (TPSA) is 49.4 Å². The van der Waals surface area contributed by atoms with Gasteiger partial charge in [0.15, 0.2) is 0 Å². The number of carbonyl (C=O) groups is 2. The highest BCUT2D eigenvalue weighted by Crippen LogP contribution is 2.10. The first-order valence-electron chi connectivity index (χ1n) is 9.76. The van der Waals surface area contributed by atoms with Gasteiger partial charge in [0, 0.05) is 13.1 Å². The molecule has 1 atom stereocenters. The molecule has 144 valence electrons. The molecule has 4 heteroatoms. The van der Waals surface area contributed by atoms with E-state index < -0.39 is 6.04 Å². The van der Waals surface area contributed by atoms with E-state index in [0.717, 1.165) is 30.4 Å². The van der Waals surface area contributed by atoms with Gasteiger partial charge in [-0.15, -0.1) is 0 Å². The maximum atomic E-state index is 13.0. The van der Waals surface area contributed by atoms with E-state index in [1.807, 2.05) is 67.6 Å². The molecule has 0 aliphatic carbocycles. The molecule has 0 saturated carbocycles. The maximum Gasteiger partial charge on any atom is 0.242 e. The van der Waals surface area contributed by atoms with E-state index in [0.29, 0.717) is 19.5 Å². The molecule has 2 amide bonds. The summed E-state index contributed by atoms with van der Waals surface area (Å²) < 4.78 is 0. The second-order valence-corrected chi connectivity index (χ2v) is 6.81. The number of nitrogens with zero attached hydrogens (tertiary/aromatic N) is 1. The van der Waals surface area contributed by atoms with Crippen LogP contribution in [0, 0.1) is 0 Å². The molecule has 2 aromatic rings. The Kier molecular flexibility index (Phi) is 8.56. The van der Waals surface area contributed by atoms with Gasteiger partial charge in [0.1, 0.15) is 6.04 Å². The largest absolute Gasteiger partial charge is 0.354 e. The van der Waals surface area contributed by atoms with Crippen LogP contribution in [-0.2, 0) is 22.4 Å². The fourth-order valence-corrected chi connectivity index (χ4v) is 2.98. The van der Waals surface area contributed by atoms with Gasteiger partial charge in [-0.3, -0.25) is 9.59 Å². The third-order valence-corrected chi connectivity index (χ3v) is 4.68. The molecular formula is C23H30N2O2. The Morgan fingerprint density at radius 1 is 0.963 bits per heavy atom. The number of amides is 2. The van der Waals surface area contributed by atoms with E-state index in [9.17, 15) is 9.59 Å². The predicted molar refractivity (Wildman–Crippen MR) is 109 cm³/mol. The van der Waals surface area contributed by atoms with Crippen molar-refractivity contribution in [2.45, 2.75) is 45.6 Å². The van der Waals surface area contributed by atoms with Crippen molar-refractivity contribution < 1.29 is 9.59 Å². The summed E-state index contributed by atoms with van der Waals surface area (Å²) in [4.78, 5) is 27.2. The molecule has 4 nitrogen and oxygen atoms in total. The van der Waals surface area contributed by atoms with Crippen molar-refractivity contribution in [3.63, 3.8) is 0 Å². The van der Waals surface area contributed by atoms with Crippen molar-refractivity contribution in [1.29, 1.82) is 0 Å². The fraction of sp³-hybridized carbons (Fsp3) is 0.391. The Morgan fingerprint density at radius 2 is 1.56 bits per heavy atom. The molecular weight excluding hydrogens is 336 g/mol. The molecule has 0 unspecified atom stereocenters. The zero-order valence-corrected chi connectivity index (χ0v) is 16.4. The lowest BCUT2D eigenvalue weighted by atomic mass is 10.1. The molecule has 0 aliphatic rings. The van der Waals surface area contributed by atoms with Gasteiger partial charge in [-0.1, -0.05) is 74.0 Å². The summed E-state index contributed by atoms with van der Waals surface area (Å²) in [5.41, 5.74) is 2.12. The molecule has 0 bridgehead atoms. The number of nitrogens with one attached hydrogen (secondary N) is 1. The van der Waals surface area contributed by atoms with Crippen molar-refractivity contribution in [3.8, 4) is 0 Å². The molecule has 1 N–H and O–H groups in total. The fourth-order valence-electron chi connectivity index (χ4n) is 2.98. The molecule has 2 rings (SSSR count). The third kappa shape index (κ3) is 6.89. The molecule has 0 fully saturated rings. The number of carbonyl (C=O) groups excluding carboxylic acids is 2. The van der Waals surface area contributed by atoms with Crippen LogP contribution in [-0.4, -0.2) is 35.8 Å². The smallest absolute Gasteiger partial charge is 0.242 e. The van der Waals surface area contributed by atoms with E-state index in [2.05, 4.69) is 12.2 Å². The normalized spacial score (nSPS) is 11.6. The van der Waals surface area contributed by atoms with Crippen LogP contribution < -0.4 is 5.32 Å². The summed E-state index contributed by atoms with van der Waals surface area (Å²) in [5, 5.41) is 2.95. The van der Waals surface area contributed by atoms with Gasteiger partial charge in [0.05, 0.1) is 6.42 Å². The second-order valence-electron chi connectivity index (χ2n) is 6.81. The maximum absolute atomic E-state index is 13.0. The van der Waals surface area contributed by atoms with Crippen molar-refractivity contribution in [2.75, 3.05) is 13.1 Å². The Hall–Kier alpha value is -2.62. The van der Waals surface area contributed by atoms with Gasteiger partial charge >= 0.3 is 0 Å². The average Bonchev–Trinajstić information content (AvgIpc) is 2.69. The summed E-state index contributed by atoms with van der Waals surface area (Å²) in [5.74, 6) is -0.104. The number of rotatable bonds is 10. The highest BCUT2D eigenvalue weighted by molar-refractivity contribution is 5.88. The average molecular weight is 367 g/mol. The predicted octanol–water partition coefficient (Wildman–Crippen LogP) is 3.61. The van der Waals surface area contributed by atoms with Crippen LogP contribution in [0.5, 0.6) is 0 Å². The van der Waals surface area contributed by atoms with Crippen molar-refractivity contribution in [1.82, 2.24) is 10.2 Å². The first-order chi connectivity index (χ1) is 13.1. The van der Waals surface area contributed by atoms with Gasteiger partial charge in [-0.25, -0.2) is 0 Å². The van der Waals surface area contributed by atoms with E-state index in [4.69, 9.17) is 0 Å². The summed E-state index contributed by atoms with van der Waals surface area (Å²) in [7, 11) is 0. The molecule has 27 heavy (non-hydrogen) atoms. The van der Waals surface area contributed by atoms with Gasteiger partial charge in [0.25, 0.3) is 0 Å². The highest BCUT2D eigenvalue weighted by atomic mass is 16.2. The number of benzene rings is 2. The summed E-state index contributed by atoms with van der Waals surface area (Å²) >= 11 is 0. The minimum atomic E-state index is -0.484. The molecule has 0 spiro atoms. The molecule has 0 saturated heterocycles. The Morgan fingerprint density at radius 3 is 2.15 bits per heavy atom. The molecule has 2 aromatic carbocycles. The van der Waals surface area contributed by atoms with Crippen LogP contribution in [0.4, 0.5) is 0 Å². The first kappa shape index (κ1) is 20.7. The van der Waals surface area contributed by atoms with E-state index in [-0.39, 0.29) is 11.8 Å². The molecule has 0 radical (unpaired) electrons. The molecule has 0 aromatic heterocycles. The van der Waals surface area contributed by atoms with Crippen molar-refractivity contribution in [3.05, 3.63) is 71.8 Å². The van der Waals surface area contributed by atoms with Crippen LogP contribution in [0.25, 0.3) is 0 Å². The van der Waals surface area contributed by atoms with Gasteiger partial charge in [0.2, 0.25) is 11.8 Å². The summed E-state index contributed by atoms with van der Waals surface area (Å²) in [6.45, 7) is 5.08. The SMILES string of the molecule is CCCCNC(=O)[C@@H](C)N(CCc1ccccc1)C(=O)Cc1ccccc1. The van der Waals surface area contributed by atoms with Crippen molar-refractivity contribution in [2.24, 2.45) is 0 Å². The Balaban J connectivity index is 2.06. The van der Waals surface area contributed by atoms with E-state index >= 15 is 0 Å². The third-order valence-electron chi connectivity index (χ3n) is 4.68. The van der Waals surface area contributed by atoms with Gasteiger partial charge in [-0.2, -0.15) is 0 Å². The Labute approximate surface area is 162 Å². The quantitative estimate of drug-likeness (QED) is 0.653. The van der Waals surface area contributed by atoms with E-state index in [1.54, 1.807) is 4.90 Å². The van der Waals surface area contributed by atoms with E-state index in [1.165, 1.54) is 0 Å². The standard InChI is InChI=1S/C23H30N2O2/c1-3-4-16-24-23(27)19(2)25(17-15-20-11-7-5-8-12-20)22(26)18-21-13-9-6-10-14-21/h5-14,19H,3-4,15-18H2,1-2H3,(H,24,27)/t19-/m1/s1. The summed E-state index contributed by atoms with van der Waals surface area (Å²) in [6.07, 6.45) is 3.01. The number of hydrogen-bond acceptors (Lipinski definition) is 2. The van der Waals surface area contributed by atoms with Crippen LogP contribution >= 0.6 is 0 Å². The lowest BCUT2D eigenvalue weighted by molar-refractivity contribution is -0.139. The van der Waals surface area contributed by atoms with Crippen LogP contribution in [0.3, 0.4) is 0 Å². The lowest BCUT2D eigenvalue weighted by Gasteiger charge is -2.29. The number of hydrogen-bond donors (Lipinski definition) is 1. The van der Waals surface area contributed by atoms with Gasteiger partial charge < -0.3 is 10.2 Å². The Bertz CT molecular complexity index is 701. The zero-order valence-electron chi connectivity index (χ0n) is 16.4. The van der Waals surface area contributed by atoms with Crippen LogP contribution in [0.15, 0.2) is 60.7 Å². The highest BCUT2D eigenvalue weighted by Gasteiger charge is 2.25. The second kappa shape index (κ2) is 11.2. The van der Waals surface area contributed by atoms with Crippen LogP contribution in [0.2, 0.25) is 0 Å². The lowest BCUT2D eigenvalue weighted by Crippen LogP contribution is -2.49. The number of unbranched alkanes of at least 4 members (excludes halogenated alkanes) is 1. The molecule has 0 aliphatic heterocycles. The minimum Gasteiger partial charge on any atom is -0.354 e. The summed E-state index contributed by atoms with van der Waals surface area (Å²) in [6, 6.07) is 19.3. The van der Waals surface area contributed by atoms with Gasteiger partial charge in [-0.05, 0) is 30.9 Å².